The summed E-state index contributed by atoms with van der Waals surface area (Å²) >= 11 is 0. The summed E-state index contributed by atoms with van der Waals surface area (Å²) in [5.74, 6) is -0.0438. The highest BCUT2D eigenvalue weighted by atomic mass is 16.4. The summed E-state index contributed by atoms with van der Waals surface area (Å²) in [5.41, 5.74) is 5.21. The normalized spacial score (nSPS) is 12.1. The zero-order valence-corrected chi connectivity index (χ0v) is 16.9. The molecule has 5 heteroatoms. The number of anilines is 1. The van der Waals surface area contributed by atoms with E-state index in [-0.39, 0.29) is 11.5 Å². The first kappa shape index (κ1) is 19.8. The molecule has 0 aliphatic carbocycles. The fourth-order valence-electron chi connectivity index (χ4n) is 3.48. The van der Waals surface area contributed by atoms with Gasteiger partial charge in [-0.1, -0.05) is 37.3 Å². The molecule has 146 valence electrons. The number of benzene rings is 2. The van der Waals surface area contributed by atoms with Crippen LogP contribution in [0.2, 0.25) is 0 Å². The summed E-state index contributed by atoms with van der Waals surface area (Å²) in [6, 6.07) is 13.4. The summed E-state index contributed by atoms with van der Waals surface area (Å²) in [4.78, 5) is 25.5. The number of hydrogen-bond acceptors (Lipinski definition) is 3. The number of quaternary nitrogens is 1. The second kappa shape index (κ2) is 8.40. The van der Waals surface area contributed by atoms with Crippen LogP contribution in [0.15, 0.2) is 51.7 Å². The minimum Gasteiger partial charge on any atom is -0.422 e. The number of carbonyl (C=O) groups is 1. The smallest absolute Gasteiger partial charge is 0.336 e. The highest BCUT2D eigenvalue weighted by Gasteiger charge is 2.16. The van der Waals surface area contributed by atoms with Gasteiger partial charge in [-0.15, -0.1) is 0 Å². The lowest BCUT2D eigenvalue weighted by Crippen LogP contribution is -3.08. The summed E-state index contributed by atoms with van der Waals surface area (Å²) in [6.07, 6.45) is 0.865. The Bertz CT molecular complexity index is 1070. The van der Waals surface area contributed by atoms with Crippen LogP contribution in [0.25, 0.3) is 11.0 Å². The van der Waals surface area contributed by atoms with Crippen molar-refractivity contribution < 1.29 is 14.1 Å². The van der Waals surface area contributed by atoms with Crippen LogP contribution in [0, 0.1) is 13.8 Å². The second-order valence-electron chi connectivity index (χ2n) is 7.34. The van der Waals surface area contributed by atoms with Gasteiger partial charge in [-0.2, -0.15) is 0 Å². The first-order valence-electron chi connectivity index (χ1n) is 9.61. The van der Waals surface area contributed by atoms with Crippen molar-refractivity contribution in [2.75, 3.05) is 18.9 Å². The molecule has 3 aromatic rings. The second-order valence-corrected chi connectivity index (χ2v) is 7.34. The molecule has 3 rings (SSSR count). The van der Waals surface area contributed by atoms with E-state index in [0.29, 0.717) is 18.7 Å². The number of amides is 1. The topological polar surface area (TPSA) is 63.8 Å². The van der Waals surface area contributed by atoms with Crippen LogP contribution in [0.5, 0.6) is 0 Å². The van der Waals surface area contributed by atoms with Crippen molar-refractivity contribution in [3.8, 4) is 0 Å². The van der Waals surface area contributed by atoms with Gasteiger partial charge in [0.1, 0.15) is 12.1 Å². The molecular formula is C23H27N2O3+. The largest absolute Gasteiger partial charge is 0.422 e. The quantitative estimate of drug-likeness (QED) is 0.647. The van der Waals surface area contributed by atoms with E-state index in [1.54, 1.807) is 0 Å². The Kier molecular flexibility index (Phi) is 5.95. The first-order chi connectivity index (χ1) is 13.4. The van der Waals surface area contributed by atoms with Crippen molar-refractivity contribution in [3.05, 3.63) is 75.1 Å². The Balaban J connectivity index is 1.76. The first-order valence-corrected chi connectivity index (χ1v) is 9.61. The molecule has 1 atom stereocenters. The maximum atomic E-state index is 12.5. The van der Waals surface area contributed by atoms with E-state index in [0.717, 1.165) is 44.6 Å². The van der Waals surface area contributed by atoms with Crippen LogP contribution in [0.1, 0.15) is 29.2 Å². The molecule has 1 heterocycles. The molecule has 1 unspecified atom stereocenters. The summed E-state index contributed by atoms with van der Waals surface area (Å²) in [7, 11) is 1.95. The SMILES string of the molecule is CCc1ccccc1NC(=O)C[NH+](C)Cc1cc(=O)oc2c(C)c(C)ccc12. The number of aryl methyl sites for hydroxylation is 3. The molecule has 0 aliphatic heterocycles. The molecule has 1 aromatic heterocycles. The van der Waals surface area contributed by atoms with Crippen LogP contribution in [0.4, 0.5) is 5.69 Å². The molecule has 0 saturated heterocycles. The maximum absolute atomic E-state index is 12.5. The van der Waals surface area contributed by atoms with E-state index in [4.69, 9.17) is 4.42 Å². The minimum absolute atomic E-state index is 0.0438. The lowest BCUT2D eigenvalue weighted by atomic mass is 10.0. The van der Waals surface area contributed by atoms with E-state index in [9.17, 15) is 9.59 Å². The van der Waals surface area contributed by atoms with Gasteiger partial charge < -0.3 is 14.6 Å². The summed E-state index contributed by atoms with van der Waals surface area (Å²) < 4.78 is 5.44. The molecule has 2 aromatic carbocycles. The Morgan fingerprint density at radius 3 is 2.61 bits per heavy atom. The van der Waals surface area contributed by atoms with Crippen molar-refractivity contribution >= 4 is 22.6 Å². The van der Waals surface area contributed by atoms with Crippen LogP contribution in [0.3, 0.4) is 0 Å². The van der Waals surface area contributed by atoms with Crippen molar-refractivity contribution in [1.29, 1.82) is 0 Å². The molecule has 28 heavy (non-hydrogen) atoms. The average molecular weight is 379 g/mol. The van der Waals surface area contributed by atoms with Crippen LogP contribution >= 0.6 is 0 Å². The lowest BCUT2D eigenvalue weighted by molar-refractivity contribution is -0.885. The molecule has 0 saturated carbocycles. The molecule has 0 radical (unpaired) electrons. The minimum atomic E-state index is -0.356. The average Bonchev–Trinajstić information content (AvgIpc) is 2.65. The van der Waals surface area contributed by atoms with Crippen molar-refractivity contribution in [1.82, 2.24) is 0 Å². The Labute approximate surface area is 165 Å². The van der Waals surface area contributed by atoms with E-state index in [1.165, 1.54) is 6.07 Å². The number of fused-ring (bicyclic) bond motifs is 1. The number of hydrogen-bond donors (Lipinski definition) is 2. The van der Waals surface area contributed by atoms with E-state index in [1.807, 2.05) is 57.3 Å². The van der Waals surface area contributed by atoms with Gasteiger partial charge in [0.15, 0.2) is 6.54 Å². The molecule has 2 N–H and O–H groups in total. The Morgan fingerprint density at radius 2 is 1.86 bits per heavy atom. The van der Waals surface area contributed by atoms with Gasteiger partial charge in [-0.3, -0.25) is 4.79 Å². The van der Waals surface area contributed by atoms with Gasteiger partial charge in [-0.25, -0.2) is 4.79 Å². The fourth-order valence-corrected chi connectivity index (χ4v) is 3.48. The molecule has 0 spiro atoms. The highest BCUT2D eigenvalue weighted by Crippen LogP contribution is 2.22. The Hall–Kier alpha value is -2.92. The third kappa shape index (κ3) is 4.31. The number of carbonyl (C=O) groups excluding carboxylic acids is 1. The molecule has 1 amide bonds. The molecule has 0 aliphatic rings. The molecule has 0 fully saturated rings. The number of likely N-dealkylation sites (N-methyl/N-ethyl adjacent to an activating group) is 1. The third-order valence-corrected chi connectivity index (χ3v) is 5.14. The van der Waals surface area contributed by atoms with Gasteiger partial charge in [0.25, 0.3) is 5.91 Å². The molecular weight excluding hydrogens is 352 g/mol. The lowest BCUT2D eigenvalue weighted by Gasteiger charge is -2.16. The number of rotatable bonds is 6. The van der Waals surface area contributed by atoms with Gasteiger partial charge in [0.05, 0.1) is 7.05 Å². The molecule has 0 bridgehead atoms. The maximum Gasteiger partial charge on any atom is 0.336 e. The van der Waals surface area contributed by atoms with Crippen molar-refractivity contribution in [3.63, 3.8) is 0 Å². The van der Waals surface area contributed by atoms with Gasteiger partial charge in [0.2, 0.25) is 0 Å². The highest BCUT2D eigenvalue weighted by molar-refractivity contribution is 5.92. The number of para-hydroxylation sites is 1. The monoisotopic (exact) mass is 379 g/mol. The molecule has 5 nitrogen and oxygen atoms in total. The third-order valence-electron chi connectivity index (χ3n) is 5.14. The summed E-state index contributed by atoms with van der Waals surface area (Å²) in [6.45, 7) is 6.90. The van der Waals surface area contributed by atoms with Crippen molar-refractivity contribution in [2.24, 2.45) is 0 Å². The standard InChI is InChI=1S/C23H26N2O3/c1-5-17-8-6-7-9-20(17)24-21(26)14-25(4)13-18-12-22(27)28-23-16(3)15(2)10-11-19(18)23/h6-12H,5,13-14H2,1-4H3,(H,24,26)/p+1. The predicted octanol–water partition coefficient (Wildman–Crippen LogP) is 2.63. The van der Waals surface area contributed by atoms with E-state index >= 15 is 0 Å². The number of nitrogens with one attached hydrogen (secondary N) is 2. The zero-order chi connectivity index (χ0) is 20.3. The predicted molar refractivity (Wildman–Crippen MR) is 112 cm³/mol. The van der Waals surface area contributed by atoms with Gasteiger partial charge in [-0.05, 0) is 43.0 Å². The van der Waals surface area contributed by atoms with Crippen LogP contribution in [-0.4, -0.2) is 19.5 Å². The van der Waals surface area contributed by atoms with E-state index < -0.39 is 0 Å². The van der Waals surface area contributed by atoms with E-state index in [2.05, 4.69) is 12.2 Å². The zero-order valence-electron chi connectivity index (χ0n) is 16.9. The van der Waals surface area contributed by atoms with Gasteiger partial charge >= 0.3 is 5.63 Å². The Morgan fingerprint density at radius 1 is 1.11 bits per heavy atom. The van der Waals surface area contributed by atoms with Gasteiger partial charge in [0, 0.05) is 22.7 Å². The van der Waals surface area contributed by atoms with Crippen molar-refractivity contribution in [2.45, 2.75) is 33.7 Å². The fraction of sp³-hybridized carbons (Fsp3) is 0.304. The van der Waals surface area contributed by atoms with Crippen LogP contribution in [-0.2, 0) is 17.8 Å². The van der Waals surface area contributed by atoms with Crippen LogP contribution < -0.4 is 15.8 Å². The summed E-state index contributed by atoms with van der Waals surface area (Å²) in [5, 5.41) is 3.93.